The Balaban J connectivity index is 1.50. The Labute approximate surface area is 226 Å². The van der Waals surface area contributed by atoms with E-state index in [0.717, 1.165) is 31.2 Å². The van der Waals surface area contributed by atoms with Crippen molar-refractivity contribution in [2.45, 2.75) is 57.5 Å². The normalized spacial score (nSPS) is 20.1. The number of hydrogen-bond donors (Lipinski definition) is 2. The fourth-order valence-electron chi connectivity index (χ4n) is 5.28. The van der Waals surface area contributed by atoms with Gasteiger partial charge in [0.2, 0.25) is 0 Å². The summed E-state index contributed by atoms with van der Waals surface area (Å²) in [6, 6.07) is 12.3. The van der Waals surface area contributed by atoms with Gasteiger partial charge in [-0.2, -0.15) is 0 Å². The monoisotopic (exact) mass is 543 g/mol. The molecule has 1 aliphatic heterocycles. The molecule has 0 bridgehead atoms. The summed E-state index contributed by atoms with van der Waals surface area (Å²) in [5.74, 6) is -1.13. The molecule has 1 unspecified atom stereocenters. The third kappa shape index (κ3) is 6.33. The van der Waals surface area contributed by atoms with E-state index in [9.17, 15) is 14.4 Å². The third-order valence-corrected chi connectivity index (χ3v) is 7.75. The maximum atomic E-state index is 13.7. The standard InChI is InChI=1S/C28H31Cl2N3O4/c1-28(21-5-3-2-4-6-21)32-25(20-15-22(29)17-23(30)16-20)27(37)33(28)14-12-18-7-9-19(10-8-18)26(36)31-13-11-24(34)35/h7-10,15-17,21H,2-6,11-14H2,1H3,(H,31,36)(H,34,35). The first-order valence-electron chi connectivity index (χ1n) is 12.6. The molecule has 1 aliphatic carbocycles. The summed E-state index contributed by atoms with van der Waals surface area (Å²) in [6.45, 7) is 2.62. The van der Waals surface area contributed by atoms with Gasteiger partial charge < -0.3 is 15.3 Å². The number of nitrogens with one attached hydrogen (secondary N) is 1. The molecule has 1 atom stereocenters. The lowest BCUT2D eigenvalue weighted by molar-refractivity contribution is -0.136. The number of nitrogens with zero attached hydrogens (tertiary/aromatic N) is 2. The number of aliphatic carboxylic acids is 1. The molecule has 7 nitrogen and oxygen atoms in total. The fraction of sp³-hybridized carbons (Fsp3) is 0.429. The van der Waals surface area contributed by atoms with Crippen LogP contribution in [0.4, 0.5) is 0 Å². The van der Waals surface area contributed by atoms with Gasteiger partial charge in [0.15, 0.2) is 0 Å². The molecule has 2 aliphatic rings. The van der Waals surface area contributed by atoms with Crippen molar-refractivity contribution in [3.8, 4) is 0 Å². The summed E-state index contributed by atoms with van der Waals surface area (Å²) in [4.78, 5) is 43.5. The molecule has 1 saturated carbocycles. The second kappa shape index (κ2) is 11.7. The lowest BCUT2D eigenvalue weighted by atomic mass is 9.80. The first-order valence-corrected chi connectivity index (χ1v) is 13.4. The highest BCUT2D eigenvalue weighted by Gasteiger charge is 2.48. The number of rotatable bonds is 9. The quantitative estimate of drug-likeness (QED) is 0.444. The average molecular weight is 544 g/mol. The van der Waals surface area contributed by atoms with Crippen LogP contribution in [-0.4, -0.2) is 52.3 Å². The number of halogens is 2. The Morgan fingerprint density at radius 3 is 2.35 bits per heavy atom. The molecule has 37 heavy (non-hydrogen) atoms. The van der Waals surface area contributed by atoms with Gasteiger partial charge in [0, 0.05) is 40.2 Å². The first-order chi connectivity index (χ1) is 17.7. The number of amides is 2. The molecule has 2 amide bonds. The SMILES string of the molecule is CC1(C2CCCCC2)N=C(c2cc(Cl)cc(Cl)c2)C(=O)N1CCc1ccc(C(=O)NCCC(=O)O)cc1. The van der Waals surface area contributed by atoms with Crippen LogP contribution in [0.15, 0.2) is 47.5 Å². The summed E-state index contributed by atoms with van der Waals surface area (Å²) >= 11 is 12.5. The van der Waals surface area contributed by atoms with Crippen molar-refractivity contribution >= 4 is 46.7 Å². The van der Waals surface area contributed by atoms with Crippen molar-refractivity contribution in [3.63, 3.8) is 0 Å². The summed E-state index contributed by atoms with van der Waals surface area (Å²) < 4.78 is 0. The van der Waals surface area contributed by atoms with Crippen LogP contribution in [0, 0.1) is 5.92 Å². The van der Waals surface area contributed by atoms with E-state index in [1.807, 2.05) is 17.0 Å². The molecular formula is C28H31Cl2N3O4. The van der Waals surface area contributed by atoms with Gasteiger partial charge in [0.05, 0.1) is 6.42 Å². The number of carbonyl (C=O) groups is 3. The maximum absolute atomic E-state index is 13.7. The molecular weight excluding hydrogens is 513 g/mol. The van der Waals surface area contributed by atoms with Gasteiger partial charge in [-0.15, -0.1) is 0 Å². The zero-order valence-electron chi connectivity index (χ0n) is 20.8. The zero-order valence-corrected chi connectivity index (χ0v) is 22.3. The molecule has 4 rings (SSSR count). The lowest BCUT2D eigenvalue weighted by Crippen LogP contribution is -2.51. The number of benzene rings is 2. The van der Waals surface area contributed by atoms with E-state index in [-0.39, 0.29) is 30.7 Å². The van der Waals surface area contributed by atoms with E-state index >= 15 is 0 Å². The van der Waals surface area contributed by atoms with Crippen molar-refractivity contribution in [3.05, 3.63) is 69.2 Å². The third-order valence-electron chi connectivity index (χ3n) is 7.31. The van der Waals surface area contributed by atoms with E-state index in [4.69, 9.17) is 33.3 Å². The van der Waals surface area contributed by atoms with Crippen LogP contribution in [0.5, 0.6) is 0 Å². The van der Waals surface area contributed by atoms with Crippen molar-refractivity contribution in [1.29, 1.82) is 0 Å². The lowest BCUT2D eigenvalue weighted by Gasteiger charge is -2.41. The molecule has 2 aromatic carbocycles. The molecule has 1 fully saturated rings. The van der Waals surface area contributed by atoms with Crippen LogP contribution >= 0.6 is 23.2 Å². The molecule has 196 valence electrons. The highest BCUT2D eigenvalue weighted by Crippen LogP contribution is 2.41. The molecule has 0 saturated heterocycles. The number of carboxylic acid groups (broad SMARTS) is 1. The van der Waals surface area contributed by atoms with Crippen LogP contribution in [0.3, 0.4) is 0 Å². The fourth-order valence-corrected chi connectivity index (χ4v) is 5.81. The Kier molecular flexibility index (Phi) is 8.55. The van der Waals surface area contributed by atoms with Gasteiger partial charge >= 0.3 is 5.97 Å². The van der Waals surface area contributed by atoms with Gasteiger partial charge in [0.25, 0.3) is 11.8 Å². The summed E-state index contributed by atoms with van der Waals surface area (Å²) in [7, 11) is 0. The molecule has 0 aromatic heterocycles. The van der Waals surface area contributed by atoms with E-state index in [1.54, 1.807) is 30.3 Å². The smallest absolute Gasteiger partial charge is 0.305 e. The van der Waals surface area contributed by atoms with E-state index in [0.29, 0.717) is 39.8 Å². The van der Waals surface area contributed by atoms with Gasteiger partial charge in [-0.3, -0.25) is 19.4 Å². The topological polar surface area (TPSA) is 99.1 Å². The Morgan fingerprint density at radius 2 is 1.73 bits per heavy atom. The highest BCUT2D eigenvalue weighted by atomic mass is 35.5. The van der Waals surface area contributed by atoms with Crippen LogP contribution in [0.25, 0.3) is 0 Å². The Bertz CT molecular complexity index is 1190. The van der Waals surface area contributed by atoms with Crippen molar-refractivity contribution in [2.24, 2.45) is 10.9 Å². The van der Waals surface area contributed by atoms with Crippen LogP contribution < -0.4 is 5.32 Å². The average Bonchev–Trinajstić information content (AvgIpc) is 3.13. The van der Waals surface area contributed by atoms with Crippen LogP contribution in [-0.2, 0) is 16.0 Å². The largest absolute Gasteiger partial charge is 0.481 e. The summed E-state index contributed by atoms with van der Waals surface area (Å²) in [5.41, 5.74) is 1.82. The van der Waals surface area contributed by atoms with E-state index in [1.165, 1.54) is 6.42 Å². The minimum absolute atomic E-state index is 0.0763. The number of hydrogen-bond acceptors (Lipinski definition) is 4. The summed E-state index contributed by atoms with van der Waals surface area (Å²) in [5, 5.41) is 12.3. The number of aliphatic imine (C=N–C) groups is 1. The van der Waals surface area contributed by atoms with Gasteiger partial charge in [0.1, 0.15) is 11.4 Å². The Morgan fingerprint density at radius 1 is 1.08 bits per heavy atom. The summed E-state index contributed by atoms with van der Waals surface area (Å²) in [6.07, 6.45) is 6.00. The van der Waals surface area contributed by atoms with Gasteiger partial charge in [-0.25, -0.2) is 0 Å². The minimum Gasteiger partial charge on any atom is -0.481 e. The number of carboxylic acids is 1. The van der Waals surface area contributed by atoms with Crippen LogP contribution in [0.1, 0.15) is 66.9 Å². The first kappa shape index (κ1) is 27.1. The molecule has 2 N–H and O–H groups in total. The van der Waals surface area contributed by atoms with Crippen molar-refractivity contribution in [1.82, 2.24) is 10.2 Å². The number of carbonyl (C=O) groups excluding carboxylic acids is 2. The Hall–Kier alpha value is -2.90. The second-order valence-corrected chi connectivity index (χ2v) is 10.7. The van der Waals surface area contributed by atoms with E-state index < -0.39 is 11.6 Å². The predicted octanol–water partition coefficient (Wildman–Crippen LogP) is 5.37. The highest BCUT2D eigenvalue weighted by molar-refractivity contribution is 6.47. The minimum atomic E-state index is -0.960. The van der Waals surface area contributed by atoms with Gasteiger partial charge in [-0.05, 0) is 62.1 Å². The zero-order chi connectivity index (χ0) is 26.6. The van der Waals surface area contributed by atoms with Gasteiger partial charge in [-0.1, -0.05) is 54.6 Å². The molecule has 0 radical (unpaired) electrons. The van der Waals surface area contributed by atoms with Crippen molar-refractivity contribution in [2.75, 3.05) is 13.1 Å². The van der Waals surface area contributed by atoms with Crippen LogP contribution in [0.2, 0.25) is 10.0 Å². The predicted molar refractivity (Wildman–Crippen MR) is 144 cm³/mol. The van der Waals surface area contributed by atoms with E-state index in [2.05, 4.69) is 12.2 Å². The maximum Gasteiger partial charge on any atom is 0.305 e. The molecule has 0 spiro atoms. The molecule has 1 heterocycles. The molecule has 2 aromatic rings. The second-order valence-electron chi connectivity index (χ2n) is 9.85. The van der Waals surface area contributed by atoms with Crippen molar-refractivity contribution < 1.29 is 19.5 Å². The molecule has 9 heteroatoms.